The Morgan fingerprint density at radius 1 is 0.913 bits per heavy atom. The maximum Gasteiger partial charge on any atom is 0.128 e. The van der Waals surface area contributed by atoms with Gasteiger partial charge in [-0.15, -0.1) is 11.3 Å². The number of hydrogen-bond donors (Lipinski definition) is 1. The highest BCUT2D eigenvalue weighted by Crippen LogP contribution is 2.41. The molecule has 2 heterocycles. The summed E-state index contributed by atoms with van der Waals surface area (Å²) in [6, 6.07) is 18.2. The third-order valence-electron chi connectivity index (χ3n) is 3.55. The minimum Gasteiger partial charge on any atom is -0.398 e. The SMILES string of the molecule is Nc1ccccc1Sc1ncnc2scc(-c3ccccc3)c12. The van der Waals surface area contributed by atoms with E-state index in [9.17, 15) is 0 Å². The van der Waals surface area contributed by atoms with Gasteiger partial charge in [-0.2, -0.15) is 0 Å². The van der Waals surface area contributed by atoms with E-state index in [2.05, 4.69) is 27.5 Å². The van der Waals surface area contributed by atoms with Crippen LogP contribution in [0.1, 0.15) is 0 Å². The van der Waals surface area contributed by atoms with Crippen LogP contribution in [0.15, 0.2) is 76.2 Å². The highest BCUT2D eigenvalue weighted by molar-refractivity contribution is 7.99. The Morgan fingerprint density at radius 3 is 2.52 bits per heavy atom. The van der Waals surface area contributed by atoms with Gasteiger partial charge < -0.3 is 5.73 Å². The predicted molar refractivity (Wildman–Crippen MR) is 97.8 cm³/mol. The van der Waals surface area contributed by atoms with Crippen LogP contribution in [0.3, 0.4) is 0 Å². The minimum atomic E-state index is 0.765. The molecule has 0 aliphatic heterocycles. The summed E-state index contributed by atoms with van der Waals surface area (Å²) >= 11 is 3.23. The Labute approximate surface area is 142 Å². The average Bonchev–Trinajstić information content (AvgIpc) is 3.03. The smallest absolute Gasteiger partial charge is 0.128 e. The van der Waals surface area contributed by atoms with Crippen molar-refractivity contribution in [3.63, 3.8) is 0 Å². The molecular formula is C18H13N3S2. The monoisotopic (exact) mass is 335 g/mol. The molecule has 0 bridgehead atoms. The lowest BCUT2D eigenvalue weighted by molar-refractivity contribution is 1.11. The second-order valence-corrected chi connectivity index (χ2v) is 6.90. The molecule has 4 rings (SSSR count). The van der Waals surface area contributed by atoms with Crippen LogP contribution in [-0.2, 0) is 0 Å². The largest absolute Gasteiger partial charge is 0.398 e. The molecule has 3 nitrogen and oxygen atoms in total. The first-order chi connectivity index (χ1) is 11.3. The van der Waals surface area contributed by atoms with Crippen LogP contribution < -0.4 is 5.73 Å². The third-order valence-corrected chi connectivity index (χ3v) is 5.53. The molecule has 0 aliphatic rings. The molecule has 0 saturated heterocycles. The molecule has 2 N–H and O–H groups in total. The zero-order valence-corrected chi connectivity index (χ0v) is 13.8. The molecule has 23 heavy (non-hydrogen) atoms. The summed E-state index contributed by atoms with van der Waals surface area (Å²) in [5.41, 5.74) is 9.19. The molecule has 2 aromatic carbocycles. The first-order valence-corrected chi connectivity index (χ1v) is 8.82. The van der Waals surface area contributed by atoms with Crippen LogP contribution in [0.25, 0.3) is 21.3 Å². The van der Waals surface area contributed by atoms with E-state index in [0.29, 0.717) is 0 Å². The predicted octanol–water partition coefficient (Wildman–Crippen LogP) is 5.09. The maximum atomic E-state index is 6.08. The van der Waals surface area contributed by atoms with E-state index >= 15 is 0 Å². The molecule has 0 radical (unpaired) electrons. The van der Waals surface area contributed by atoms with Crippen molar-refractivity contribution in [2.45, 2.75) is 9.92 Å². The standard InChI is InChI=1S/C18H13N3S2/c19-14-8-4-5-9-15(14)23-18-16-13(12-6-2-1-3-7-12)10-22-17(16)20-11-21-18/h1-11H,19H2. The van der Waals surface area contributed by atoms with Gasteiger partial charge in [0.15, 0.2) is 0 Å². The zero-order valence-electron chi connectivity index (χ0n) is 12.1. The van der Waals surface area contributed by atoms with E-state index in [1.807, 2.05) is 42.5 Å². The summed E-state index contributed by atoms with van der Waals surface area (Å²) in [6.45, 7) is 0. The maximum absolute atomic E-state index is 6.08. The van der Waals surface area contributed by atoms with Crippen molar-refractivity contribution in [3.8, 4) is 11.1 Å². The molecule has 2 aromatic heterocycles. The quantitative estimate of drug-likeness (QED) is 0.418. The van der Waals surface area contributed by atoms with Crippen LogP contribution in [0.2, 0.25) is 0 Å². The Balaban J connectivity index is 1.87. The normalized spacial score (nSPS) is 11.0. The van der Waals surface area contributed by atoms with E-state index in [0.717, 1.165) is 25.8 Å². The summed E-state index contributed by atoms with van der Waals surface area (Å²) < 4.78 is 0. The molecule has 0 unspecified atom stereocenters. The van der Waals surface area contributed by atoms with Crippen molar-refractivity contribution in [2.75, 3.05) is 5.73 Å². The third kappa shape index (κ3) is 2.69. The summed E-state index contributed by atoms with van der Waals surface area (Å²) in [6.07, 6.45) is 1.62. The average molecular weight is 335 g/mol. The minimum absolute atomic E-state index is 0.765. The van der Waals surface area contributed by atoms with Gasteiger partial charge in [-0.05, 0) is 17.7 Å². The second-order valence-electron chi connectivity index (χ2n) is 5.01. The Hall–Kier alpha value is -2.37. The van der Waals surface area contributed by atoms with Gasteiger partial charge in [0.2, 0.25) is 0 Å². The first kappa shape index (κ1) is 14.2. The molecule has 112 valence electrons. The molecule has 0 atom stereocenters. The number of hydrogen-bond acceptors (Lipinski definition) is 5. The van der Waals surface area contributed by atoms with Gasteiger partial charge in [0.05, 0.1) is 5.39 Å². The van der Waals surface area contributed by atoms with Crippen LogP contribution in [0.4, 0.5) is 5.69 Å². The number of nitrogens with zero attached hydrogens (tertiary/aromatic N) is 2. The summed E-state index contributed by atoms with van der Waals surface area (Å²) in [7, 11) is 0. The number of benzene rings is 2. The van der Waals surface area contributed by atoms with Gasteiger partial charge in [0, 0.05) is 21.5 Å². The van der Waals surface area contributed by atoms with E-state index in [1.165, 1.54) is 11.1 Å². The van der Waals surface area contributed by atoms with Gasteiger partial charge in [-0.1, -0.05) is 54.2 Å². The molecule has 0 amide bonds. The van der Waals surface area contributed by atoms with Crippen LogP contribution in [-0.4, -0.2) is 9.97 Å². The summed E-state index contributed by atoms with van der Waals surface area (Å²) in [5, 5.41) is 4.18. The Morgan fingerprint density at radius 2 is 1.70 bits per heavy atom. The number of thiophene rings is 1. The van der Waals surface area contributed by atoms with Crippen molar-refractivity contribution in [3.05, 3.63) is 66.3 Å². The molecule has 4 aromatic rings. The topological polar surface area (TPSA) is 51.8 Å². The van der Waals surface area contributed by atoms with E-state index in [4.69, 9.17) is 5.73 Å². The number of fused-ring (bicyclic) bond motifs is 1. The fourth-order valence-electron chi connectivity index (χ4n) is 2.43. The molecule has 0 spiro atoms. The number of aromatic nitrogens is 2. The van der Waals surface area contributed by atoms with Crippen LogP contribution in [0, 0.1) is 0 Å². The lowest BCUT2D eigenvalue weighted by Crippen LogP contribution is -1.90. The molecular weight excluding hydrogens is 322 g/mol. The van der Waals surface area contributed by atoms with Gasteiger partial charge in [-0.25, -0.2) is 9.97 Å². The van der Waals surface area contributed by atoms with Crippen molar-refractivity contribution in [1.82, 2.24) is 9.97 Å². The van der Waals surface area contributed by atoms with Crippen LogP contribution >= 0.6 is 23.1 Å². The molecule has 0 aliphatic carbocycles. The number of anilines is 1. The fourth-order valence-corrected chi connectivity index (χ4v) is 4.36. The molecule has 5 heteroatoms. The first-order valence-electron chi connectivity index (χ1n) is 7.13. The lowest BCUT2D eigenvalue weighted by atomic mass is 10.1. The van der Waals surface area contributed by atoms with E-state index in [-0.39, 0.29) is 0 Å². The Kier molecular flexibility index (Phi) is 3.73. The fraction of sp³-hybridized carbons (Fsp3) is 0. The van der Waals surface area contributed by atoms with E-state index in [1.54, 1.807) is 29.4 Å². The van der Waals surface area contributed by atoms with Gasteiger partial charge in [0.1, 0.15) is 16.2 Å². The van der Waals surface area contributed by atoms with Crippen molar-refractivity contribution in [1.29, 1.82) is 0 Å². The van der Waals surface area contributed by atoms with Gasteiger partial charge >= 0.3 is 0 Å². The number of nitrogen functional groups attached to an aromatic ring is 1. The second kappa shape index (κ2) is 6.02. The number of para-hydroxylation sites is 1. The van der Waals surface area contributed by atoms with E-state index < -0.39 is 0 Å². The number of nitrogens with two attached hydrogens (primary N) is 1. The van der Waals surface area contributed by atoms with Crippen molar-refractivity contribution in [2.24, 2.45) is 0 Å². The molecule has 0 saturated carbocycles. The van der Waals surface area contributed by atoms with Crippen LogP contribution in [0.5, 0.6) is 0 Å². The van der Waals surface area contributed by atoms with Gasteiger partial charge in [-0.3, -0.25) is 0 Å². The van der Waals surface area contributed by atoms with Crippen molar-refractivity contribution >= 4 is 39.0 Å². The highest BCUT2D eigenvalue weighted by atomic mass is 32.2. The Bertz CT molecular complexity index is 964. The summed E-state index contributed by atoms with van der Waals surface area (Å²) in [5.74, 6) is 0. The number of rotatable bonds is 3. The lowest BCUT2D eigenvalue weighted by Gasteiger charge is -2.07. The molecule has 0 fully saturated rings. The summed E-state index contributed by atoms with van der Waals surface area (Å²) in [4.78, 5) is 10.9. The highest BCUT2D eigenvalue weighted by Gasteiger charge is 2.14. The van der Waals surface area contributed by atoms with Crippen molar-refractivity contribution < 1.29 is 0 Å². The van der Waals surface area contributed by atoms with Gasteiger partial charge in [0.25, 0.3) is 0 Å². The zero-order chi connectivity index (χ0) is 15.6.